The third-order valence-electron chi connectivity index (χ3n) is 4.49. The lowest BCUT2D eigenvalue weighted by atomic mass is 10.5. The molecule has 0 aliphatic carbocycles. The Balaban J connectivity index is 2.32. The van der Waals surface area contributed by atoms with Gasteiger partial charge in [0, 0.05) is 6.54 Å². The number of hydrogen-bond acceptors (Lipinski definition) is 15. The number of thioether (sulfide) groups is 4. The molecule has 0 saturated heterocycles. The van der Waals surface area contributed by atoms with Crippen molar-refractivity contribution in [1.29, 1.82) is 0 Å². The van der Waals surface area contributed by atoms with Crippen molar-refractivity contribution in [3.63, 3.8) is 0 Å². The number of nitrogens with zero attached hydrogens (tertiary/aromatic N) is 1. The molecule has 0 saturated carbocycles. The molecule has 0 spiro atoms. The number of esters is 4. The summed E-state index contributed by atoms with van der Waals surface area (Å²) in [5.74, 6) is -2.70. The number of hydrogen-bond donors (Lipinski definition) is 0. The van der Waals surface area contributed by atoms with Crippen LogP contribution in [0.25, 0.3) is 8.47 Å². The Morgan fingerprint density at radius 1 is 0.639 bits per heavy atom. The van der Waals surface area contributed by atoms with Gasteiger partial charge in [-0.3, -0.25) is 0 Å². The lowest BCUT2D eigenvalue weighted by Crippen LogP contribution is -2.35. The second-order valence-electron chi connectivity index (χ2n) is 6.38. The molecule has 3 heterocycles. The van der Waals surface area contributed by atoms with E-state index >= 15 is 0 Å². The average molecular weight is 624 g/mol. The normalized spacial score (nSPS) is 15.4. The van der Waals surface area contributed by atoms with Crippen molar-refractivity contribution in [3.8, 4) is 0 Å². The Kier molecular flexibility index (Phi) is 9.93. The number of carbonyl (C=O) groups excluding carboxylic acids is 4. The summed E-state index contributed by atoms with van der Waals surface area (Å²) in [7, 11) is 4.89. The quantitative estimate of drug-likeness (QED) is 0.272. The second-order valence-corrected chi connectivity index (χ2v) is 13.3. The van der Waals surface area contributed by atoms with E-state index in [2.05, 4.69) is 0 Å². The smallest absolute Gasteiger partial charge is 0.346 e. The van der Waals surface area contributed by atoms with Gasteiger partial charge in [-0.25, -0.2) is 19.2 Å². The Morgan fingerprint density at radius 3 is 1.14 bits per heavy atom. The summed E-state index contributed by atoms with van der Waals surface area (Å²) in [4.78, 5) is 49.8. The zero-order chi connectivity index (χ0) is 26.7. The van der Waals surface area contributed by atoms with E-state index in [1.807, 2.05) is 11.5 Å². The van der Waals surface area contributed by atoms with E-state index < -0.39 is 23.9 Å². The summed E-state index contributed by atoms with van der Waals surface area (Å²) in [5.41, 5.74) is 0. The van der Waals surface area contributed by atoms with Crippen molar-refractivity contribution in [3.05, 3.63) is 38.0 Å². The van der Waals surface area contributed by atoms with Crippen molar-refractivity contribution in [2.45, 2.75) is 13.5 Å². The molecule has 0 atom stereocenters. The van der Waals surface area contributed by atoms with Crippen LogP contribution in [0.1, 0.15) is 6.92 Å². The Morgan fingerprint density at radius 2 is 0.917 bits per heavy atom. The number of rotatable bonds is 5. The average Bonchev–Trinajstić information content (AvgIpc) is 3.51. The van der Waals surface area contributed by atoms with Crippen molar-refractivity contribution in [2.75, 3.05) is 28.4 Å². The maximum atomic E-state index is 12.4. The van der Waals surface area contributed by atoms with Crippen LogP contribution < -0.4 is 10.7 Å². The SMILES string of the molecule is CCn1c(=C2SC(C(=O)OC)=C(C(=O)OC)S2)c(=S)sc(=S)c1=C1SC(C(=O)OC)=C(C(=O)OC)S1. The number of ether oxygens (including phenoxy) is 4. The molecule has 0 radical (unpaired) electrons. The molecule has 1 aromatic rings. The van der Waals surface area contributed by atoms with Gasteiger partial charge in [-0.2, -0.15) is 0 Å². The fourth-order valence-corrected chi connectivity index (χ4v) is 10.5. The monoisotopic (exact) mass is 623 g/mol. The summed E-state index contributed by atoms with van der Waals surface area (Å²) in [6.45, 7) is 2.28. The lowest BCUT2D eigenvalue weighted by molar-refractivity contribution is -0.138. The zero-order valence-corrected chi connectivity index (χ0v) is 25.0. The van der Waals surface area contributed by atoms with Gasteiger partial charge >= 0.3 is 23.9 Å². The van der Waals surface area contributed by atoms with Crippen molar-refractivity contribution in [2.24, 2.45) is 0 Å². The molecule has 0 amide bonds. The standard InChI is InChI=1S/C20H17NO8S7/c1-6-21-7(19-32-9(13(22)26-2)10(33-19)14(23)27-3)17(30)36-18(31)8(21)20-34-11(15(24)28-4)12(35-20)16(25)29-5/h6H2,1-5H3. The molecular formula is C20H17NO8S7. The van der Waals surface area contributed by atoms with Crippen LogP contribution >= 0.6 is 82.8 Å². The minimum atomic E-state index is -0.674. The van der Waals surface area contributed by atoms with E-state index in [9.17, 15) is 19.2 Å². The topological polar surface area (TPSA) is 110 Å². The van der Waals surface area contributed by atoms with Crippen molar-refractivity contribution in [1.82, 2.24) is 4.57 Å². The van der Waals surface area contributed by atoms with E-state index in [-0.39, 0.29) is 19.6 Å². The minimum absolute atomic E-state index is 0.0929. The maximum absolute atomic E-state index is 12.4. The van der Waals surface area contributed by atoms with Crippen LogP contribution in [0, 0.1) is 7.65 Å². The summed E-state index contributed by atoms with van der Waals surface area (Å²) >= 11 is 16.7. The molecule has 0 aromatic carbocycles. The van der Waals surface area contributed by atoms with Gasteiger partial charge in [0.15, 0.2) is 0 Å². The van der Waals surface area contributed by atoms with Gasteiger partial charge in [0.25, 0.3) is 0 Å². The highest BCUT2D eigenvalue weighted by molar-refractivity contribution is 8.37. The molecule has 9 nitrogen and oxygen atoms in total. The highest BCUT2D eigenvalue weighted by atomic mass is 32.2. The third-order valence-corrected chi connectivity index (χ3v) is 11.2. The molecule has 1 aromatic heterocycles. The van der Waals surface area contributed by atoms with Crippen LogP contribution in [0.2, 0.25) is 0 Å². The van der Waals surface area contributed by atoms with Gasteiger partial charge < -0.3 is 23.5 Å². The van der Waals surface area contributed by atoms with Gasteiger partial charge in [0.2, 0.25) is 0 Å². The van der Waals surface area contributed by atoms with E-state index in [4.69, 9.17) is 43.4 Å². The van der Waals surface area contributed by atoms with Crippen LogP contribution in [0.5, 0.6) is 0 Å². The van der Waals surface area contributed by atoms with Gasteiger partial charge in [-0.05, 0) is 6.92 Å². The molecule has 2 aliphatic rings. The fraction of sp³-hybridized carbons (Fsp3) is 0.300. The number of methoxy groups -OCH3 is 4. The summed E-state index contributed by atoms with van der Waals surface area (Å²) < 4.78 is 23.2. The largest absolute Gasteiger partial charge is 0.465 e. The molecule has 0 fully saturated rings. The minimum Gasteiger partial charge on any atom is -0.465 e. The van der Waals surface area contributed by atoms with E-state index in [1.165, 1.54) is 28.4 Å². The van der Waals surface area contributed by atoms with Crippen molar-refractivity contribution >= 4 is 115 Å². The van der Waals surface area contributed by atoms with Crippen LogP contribution in [0.3, 0.4) is 0 Å². The molecule has 16 heteroatoms. The maximum Gasteiger partial charge on any atom is 0.346 e. The van der Waals surface area contributed by atoms with Crippen molar-refractivity contribution < 1.29 is 38.1 Å². The summed E-state index contributed by atoms with van der Waals surface area (Å²) in [6.07, 6.45) is 0. The first-order valence-corrected chi connectivity index (χ1v) is 14.6. The number of aromatic nitrogens is 1. The van der Waals surface area contributed by atoms with E-state index in [0.717, 1.165) is 58.4 Å². The Bertz CT molecular complexity index is 1320. The Labute approximate surface area is 236 Å². The molecule has 0 bridgehead atoms. The third kappa shape index (κ3) is 5.49. The van der Waals surface area contributed by atoms with Crippen LogP contribution in [-0.2, 0) is 44.7 Å². The summed E-state index contributed by atoms with van der Waals surface area (Å²) in [5, 5.41) is 1.13. The van der Waals surface area contributed by atoms with Crippen LogP contribution in [-0.4, -0.2) is 56.9 Å². The van der Waals surface area contributed by atoms with Gasteiger partial charge in [-0.15, -0.1) is 11.3 Å². The predicted molar refractivity (Wildman–Crippen MR) is 148 cm³/mol. The first kappa shape index (κ1) is 29.0. The molecule has 36 heavy (non-hydrogen) atoms. The van der Waals surface area contributed by atoms with Crippen LogP contribution in [0.4, 0.5) is 0 Å². The van der Waals surface area contributed by atoms with Gasteiger partial charge in [0.05, 0.1) is 47.6 Å². The number of carbonyl (C=O) groups is 4. The molecule has 0 unspecified atom stereocenters. The summed E-state index contributed by atoms with van der Waals surface area (Å²) in [6, 6.07) is 0. The molecule has 2 aliphatic heterocycles. The highest BCUT2D eigenvalue weighted by Crippen LogP contribution is 2.51. The molecular weight excluding hydrogens is 607 g/mol. The van der Waals surface area contributed by atoms with Gasteiger partial charge in [-0.1, -0.05) is 71.5 Å². The predicted octanol–water partition coefficient (Wildman–Crippen LogP) is 3.24. The lowest BCUT2D eigenvalue weighted by Gasteiger charge is -2.11. The van der Waals surface area contributed by atoms with E-state index in [1.54, 1.807) is 0 Å². The van der Waals surface area contributed by atoms with E-state index in [0.29, 0.717) is 33.4 Å². The first-order valence-electron chi connectivity index (χ1n) is 9.69. The first-order chi connectivity index (χ1) is 17.1. The van der Waals surface area contributed by atoms with Gasteiger partial charge in [0.1, 0.15) is 27.3 Å². The molecule has 192 valence electrons. The van der Waals surface area contributed by atoms with Crippen LogP contribution in [0.15, 0.2) is 19.6 Å². The zero-order valence-electron chi connectivity index (χ0n) is 19.3. The molecule has 0 N–H and O–H groups in total. The fourth-order valence-electron chi connectivity index (χ4n) is 2.92. The Hall–Kier alpha value is -1.56. The highest BCUT2D eigenvalue weighted by Gasteiger charge is 2.35. The molecule has 3 rings (SSSR count). The second kappa shape index (κ2) is 12.3.